The molecule has 0 aromatic rings. The molecule has 1 saturated carbocycles. The molecular formula is C17H32ClN3O3S. The van der Waals surface area contributed by atoms with Gasteiger partial charge in [-0.3, -0.25) is 4.79 Å². The lowest BCUT2D eigenvalue weighted by atomic mass is 10.0. The van der Waals surface area contributed by atoms with Gasteiger partial charge < -0.3 is 10.6 Å². The normalized spacial score (nSPS) is 29.4. The van der Waals surface area contributed by atoms with Crippen molar-refractivity contribution in [3.05, 3.63) is 0 Å². The Bertz CT molecular complexity index is 551. The second-order valence-corrected chi connectivity index (χ2v) is 9.89. The molecular weight excluding hydrogens is 362 g/mol. The van der Waals surface area contributed by atoms with Crippen LogP contribution in [0.4, 0.5) is 0 Å². The van der Waals surface area contributed by atoms with Crippen molar-refractivity contribution in [1.29, 1.82) is 0 Å². The van der Waals surface area contributed by atoms with Gasteiger partial charge in [-0.25, -0.2) is 12.7 Å². The molecule has 25 heavy (non-hydrogen) atoms. The first-order chi connectivity index (χ1) is 11.5. The first-order valence-electron chi connectivity index (χ1n) is 9.50. The number of likely N-dealkylation sites (tertiary alicyclic amines) is 1. The van der Waals surface area contributed by atoms with Crippen LogP contribution in [-0.4, -0.2) is 61.5 Å². The van der Waals surface area contributed by atoms with E-state index in [9.17, 15) is 13.2 Å². The van der Waals surface area contributed by atoms with Gasteiger partial charge in [0.05, 0.1) is 5.25 Å². The van der Waals surface area contributed by atoms with Crippen LogP contribution in [0.3, 0.4) is 0 Å². The van der Waals surface area contributed by atoms with E-state index in [1.807, 2.05) is 4.90 Å². The lowest BCUT2D eigenvalue weighted by molar-refractivity contribution is -0.136. The highest BCUT2D eigenvalue weighted by Gasteiger charge is 2.39. The van der Waals surface area contributed by atoms with Crippen LogP contribution in [0.25, 0.3) is 0 Å². The van der Waals surface area contributed by atoms with Gasteiger partial charge in [0.15, 0.2) is 0 Å². The molecule has 0 aromatic carbocycles. The van der Waals surface area contributed by atoms with Gasteiger partial charge in [0.25, 0.3) is 0 Å². The second-order valence-electron chi connectivity index (χ2n) is 7.68. The van der Waals surface area contributed by atoms with Crippen LogP contribution >= 0.6 is 12.4 Å². The molecule has 2 N–H and O–H groups in total. The molecule has 0 bridgehead atoms. The summed E-state index contributed by atoms with van der Waals surface area (Å²) in [7, 11) is -3.33. The molecule has 0 aromatic heterocycles. The van der Waals surface area contributed by atoms with Crippen molar-refractivity contribution in [1.82, 2.24) is 9.21 Å². The first-order valence-corrected chi connectivity index (χ1v) is 11.0. The molecule has 2 heterocycles. The van der Waals surface area contributed by atoms with Crippen molar-refractivity contribution in [2.45, 2.75) is 56.6 Å². The minimum absolute atomic E-state index is 0. The number of amides is 1. The van der Waals surface area contributed by atoms with Crippen LogP contribution in [0.15, 0.2) is 0 Å². The minimum atomic E-state index is -3.33. The number of halogens is 1. The Hall–Kier alpha value is -0.370. The van der Waals surface area contributed by atoms with E-state index >= 15 is 0 Å². The Morgan fingerprint density at radius 1 is 0.960 bits per heavy atom. The fourth-order valence-electron chi connectivity index (χ4n) is 4.47. The molecule has 2 aliphatic heterocycles. The molecule has 3 aliphatic rings. The number of nitrogens with zero attached hydrogens (tertiary/aromatic N) is 2. The second kappa shape index (κ2) is 9.02. The largest absolute Gasteiger partial charge is 0.341 e. The van der Waals surface area contributed by atoms with Crippen molar-refractivity contribution in [2.24, 2.45) is 17.6 Å². The molecule has 2 unspecified atom stereocenters. The average Bonchev–Trinajstić information content (AvgIpc) is 3.16. The van der Waals surface area contributed by atoms with Gasteiger partial charge in [-0.2, -0.15) is 0 Å². The molecule has 146 valence electrons. The van der Waals surface area contributed by atoms with Crippen molar-refractivity contribution >= 4 is 28.3 Å². The third-order valence-electron chi connectivity index (χ3n) is 5.99. The van der Waals surface area contributed by atoms with Crippen LogP contribution in [0, 0.1) is 11.8 Å². The van der Waals surface area contributed by atoms with Gasteiger partial charge >= 0.3 is 0 Å². The Balaban J connectivity index is 0.00000225. The Morgan fingerprint density at radius 2 is 1.64 bits per heavy atom. The summed E-state index contributed by atoms with van der Waals surface area (Å²) in [5, 5.41) is -0.437. The van der Waals surface area contributed by atoms with Gasteiger partial charge in [-0.15, -0.1) is 12.4 Å². The molecule has 6 nitrogen and oxygen atoms in total. The maximum absolute atomic E-state index is 13.0. The highest BCUT2D eigenvalue weighted by atomic mass is 35.5. The number of piperidine rings is 2. The van der Waals surface area contributed by atoms with Gasteiger partial charge in [-0.1, -0.05) is 12.8 Å². The van der Waals surface area contributed by atoms with E-state index < -0.39 is 15.3 Å². The smallest absolute Gasteiger partial charge is 0.225 e. The highest BCUT2D eigenvalue weighted by molar-refractivity contribution is 7.89. The number of sulfonamides is 1. The molecule has 1 aliphatic carbocycles. The van der Waals surface area contributed by atoms with E-state index in [0.717, 1.165) is 44.9 Å². The summed E-state index contributed by atoms with van der Waals surface area (Å²) in [6.45, 7) is 2.79. The quantitative estimate of drug-likeness (QED) is 0.786. The van der Waals surface area contributed by atoms with Crippen molar-refractivity contribution in [3.8, 4) is 0 Å². The molecule has 2 atom stereocenters. The van der Waals surface area contributed by atoms with Crippen molar-refractivity contribution < 1.29 is 13.2 Å². The SMILES string of the molecule is Cl.NCC1CCCN(S(=O)(=O)C2CCCN(C(=O)C3CCCC3)C2)C1. The van der Waals surface area contributed by atoms with Crippen LogP contribution in [0.1, 0.15) is 51.4 Å². The fraction of sp³-hybridized carbons (Fsp3) is 0.941. The fourth-order valence-corrected chi connectivity index (χ4v) is 6.53. The topological polar surface area (TPSA) is 83.7 Å². The first kappa shape index (κ1) is 20.9. The van der Waals surface area contributed by atoms with Crippen LogP contribution in [-0.2, 0) is 14.8 Å². The Labute approximate surface area is 157 Å². The summed E-state index contributed by atoms with van der Waals surface area (Å²) < 4.78 is 27.7. The maximum atomic E-state index is 13.0. The summed E-state index contributed by atoms with van der Waals surface area (Å²) in [5.41, 5.74) is 5.74. The molecule has 1 amide bonds. The Morgan fingerprint density at radius 3 is 2.32 bits per heavy atom. The third-order valence-corrected chi connectivity index (χ3v) is 8.27. The molecule has 3 fully saturated rings. The summed E-state index contributed by atoms with van der Waals surface area (Å²) in [6, 6.07) is 0. The monoisotopic (exact) mass is 393 g/mol. The zero-order valence-electron chi connectivity index (χ0n) is 14.9. The number of nitrogens with two attached hydrogens (primary N) is 1. The number of hydrogen-bond donors (Lipinski definition) is 1. The van der Waals surface area contributed by atoms with E-state index in [4.69, 9.17) is 5.73 Å². The van der Waals surface area contributed by atoms with E-state index in [0.29, 0.717) is 39.1 Å². The summed E-state index contributed by atoms with van der Waals surface area (Å²) in [6.07, 6.45) is 7.55. The Kier molecular flexibility index (Phi) is 7.55. The van der Waals surface area contributed by atoms with E-state index in [2.05, 4.69) is 0 Å². The van der Waals surface area contributed by atoms with Gasteiger partial charge in [-0.05, 0) is 51.0 Å². The number of carbonyl (C=O) groups is 1. The van der Waals surface area contributed by atoms with Gasteiger partial charge in [0, 0.05) is 32.1 Å². The zero-order valence-corrected chi connectivity index (χ0v) is 16.6. The maximum Gasteiger partial charge on any atom is 0.225 e. The van der Waals surface area contributed by atoms with Gasteiger partial charge in [0.1, 0.15) is 0 Å². The number of hydrogen-bond acceptors (Lipinski definition) is 4. The van der Waals surface area contributed by atoms with Gasteiger partial charge in [0.2, 0.25) is 15.9 Å². The molecule has 3 rings (SSSR count). The molecule has 0 radical (unpaired) electrons. The van der Waals surface area contributed by atoms with E-state index in [1.165, 1.54) is 0 Å². The van der Waals surface area contributed by atoms with Crippen LogP contribution in [0.2, 0.25) is 0 Å². The van der Waals surface area contributed by atoms with Crippen molar-refractivity contribution in [3.63, 3.8) is 0 Å². The third kappa shape index (κ3) is 4.67. The number of carbonyl (C=O) groups excluding carboxylic acids is 1. The van der Waals surface area contributed by atoms with Crippen molar-refractivity contribution in [2.75, 3.05) is 32.7 Å². The molecule has 0 spiro atoms. The highest BCUT2D eigenvalue weighted by Crippen LogP contribution is 2.30. The standard InChI is InChI=1S/C17H31N3O3S.ClH/c18-11-14-5-3-10-20(12-14)24(22,23)16-8-4-9-19(13-16)17(21)15-6-1-2-7-15;/h14-16H,1-13,18H2;1H. The minimum Gasteiger partial charge on any atom is -0.341 e. The average molecular weight is 394 g/mol. The summed E-state index contributed by atoms with van der Waals surface area (Å²) in [5.74, 6) is 0.585. The zero-order chi connectivity index (χ0) is 17.2. The summed E-state index contributed by atoms with van der Waals surface area (Å²) in [4.78, 5) is 14.5. The van der Waals surface area contributed by atoms with Crippen LogP contribution in [0.5, 0.6) is 0 Å². The van der Waals surface area contributed by atoms with E-state index in [-0.39, 0.29) is 30.2 Å². The molecule has 8 heteroatoms. The molecule has 2 saturated heterocycles. The lowest BCUT2D eigenvalue weighted by Crippen LogP contribution is -2.52. The van der Waals surface area contributed by atoms with Crippen LogP contribution < -0.4 is 5.73 Å². The lowest BCUT2D eigenvalue weighted by Gasteiger charge is -2.38. The number of rotatable bonds is 4. The van der Waals surface area contributed by atoms with E-state index in [1.54, 1.807) is 4.31 Å². The predicted molar refractivity (Wildman–Crippen MR) is 101 cm³/mol. The predicted octanol–water partition coefficient (Wildman–Crippen LogP) is 1.59. The summed E-state index contributed by atoms with van der Waals surface area (Å²) >= 11 is 0.